The van der Waals surface area contributed by atoms with Crippen molar-refractivity contribution in [2.75, 3.05) is 13.2 Å². The van der Waals surface area contributed by atoms with Crippen LogP contribution in [-0.4, -0.2) is 25.3 Å². The minimum Gasteiger partial charge on any atom is -0.488 e. The third-order valence-electron chi connectivity index (χ3n) is 4.73. The Hall–Kier alpha value is -2.74. The number of ether oxygens (including phenoxy) is 3. The van der Waals surface area contributed by atoms with Crippen LogP contribution in [0.3, 0.4) is 0 Å². The number of rotatable bonds is 7. The molecule has 1 heterocycles. The Bertz CT molecular complexity index is 1200. The van der Waals surface area contributed by atoms with Crippen LogP contribution in [0.25, 0.3) is 0 Å². The van der Waals surface area contributed by atoms with Gasteiger partial charge in [0.25, 0.3) is 0 Å². The van der Waals surface area contributed by atoms with Crippen molar-refractivity contribution >= 4 is 51.3 Å². The average Bonchev–Trinajstić information content (AvgIpc) is 2.79. The van der Waals surface area contributed by atoms with E-state index >= 15 is 0 Å². The Morgan fingerprint density at radius 3 is 2.67 bits per heavy atom. The summed E-state index contributed by atoms with van der Waals surface area (Å²) in [5.41, 5.74) is 4.98. The number of hydrogen-bond donors (Lipinski definition) is 1. The van der Waals surface area contributed by atoms with Gasteiger partial charge in [0.05, 0.1) is 17.1 Å². The van der Waals surface area contributed by atoms with E-state index in [9.17, 15) is 4.79 Å². The Morgan fingerprint density at radius 1 is 1.06 bits per heavy atom. The van der Waals surface area contributed by atoms with Gasteiger partial charge in [0, 0.05) is 15.6 Å². The summed E-state index contributed by atoms with van der Waals surface area (Å²) in [5.74, 6) is 1.76. The highest BCUT2D eigenvalue weighted by atomic mass is 79.9. The fourth-order valence-corrected chi connectivity index (χ4v) is 4.08. The van der Waals surface area contributed by atoms with Crippen molar-refractivity contribution in [2.45, 2.75) is 13.0 Å². The Kier molecular flexibility index (Phi) is 7.75. The number of fused-ring (bicyclic) bond motifs is 1. The first-order chi connectivity index (χ1) is 16.0. The van der Waals surface area contributed by atoms with Crippen molar-refractivity contribution < 1.29 is 19.0 Å². The predicted octanol–water partition coefficient (Wildman–Crippen LogP) is 5.80. The molecule has 0 bridgehead atoms. The zero-order valence-electron chi connectivity index (χ0n) is 17.3. The first-order valence-corrected chi connectivity index (χ1v) is 11.6. The third kappa shape index (κ3) is 6.41. The topological polar surface area (TPSA) is 69.2 Å². The molecule has 0 radical (unpaired) electrons. The Labute approximate surface area is 209 Å². The second-order valence-electron chi connectivity index (χ2n) is 7.16. The molecular weight excluding hydrogens is 531 g/mol. The molecule has 0 unspecified atom stereocenters. The van der Waals surface area contributed by atoms with Crippen molar-refractivity contribution in [3.8, 4) is 17.2 Å². The molecule has 0 atom stereocenters. The number of carbonyl (C=O) groups is 1. The van der Waals surface area contributed by atoms with Crippen LogP contribution in [0.1, 0.15) is 16.7 Å². The van der Waals surface area contributed by atoms with Crippen molar-refractivity contribution in [1.29, 1.82) is 0 Å². The second kappa shape index (κ2) is 10.9. The molecule has 0 aromatic heterocycles. The molecule has 6 nitrogen and oxygen atoms in total. The van der Waals surface area contributed by atoms with E-state index in [0.717, 1.165) is 21.2 Å². The number of amides is 1. The fraction of sp³-hybridized carbons (Fsp3) is 0.167. The van der Waals surface area contributed by atoms with Gasteiger partial charge in [-0.15, -0.1) is 0 Å². The van der Waals surface area contributed by atoms with Gasteiger partial charge < -0.3 is 14.2 Å². The van der Waals surface area contributed by atoms with E-state index in [0.29, 0.717) is 47.1 Å². The molecular formula is C24H19BrCl2N2O4. The summed E-state index contributed by atoms with van der Waals surface area (Å²) in [7, 11) is 0. The van der Waals surface area contributed by atoms with Gasteiger partial charge in [-0.1, -0.05) is 35.3 Å². The van der Waals surface area contributed by atoms with Crippen molar-refractivity contribution in [1.82, 2.24) is 5.43 Å². The predicted molar refractivity (Wildman–Crippen MR) is 132 cm³/mol. The summed E-state index contributed by atoms with van der Waals surface area (Å²) in [6, 6.07) is 16.2. The lowest BCUT2D eigenvalue weighted by Gasteiger charge is -2.18. The highest BCUT2D eigenvalue weighted by Crippen LogP contribution is 2.31. The van der Waals surface area contributed by atoms with Gasteiger partial charge in [0.1, 0.15) is 25.6 Å². The van der Waals surface area contributed by atoms with E-state index in [1.807, 2.05) is 42.5 Å². The molecule has 1 aliphatic heterocycles. The maximum absolute atomic E-state index is 12.2. The lowest BCUT2D eigenvalue weighted by Crippen LogP contribution is -2.20. The highest BCUT2D eigenvalue weighted by molar-refractivity contribution is 9.10. The van der Waals surface area contributed by atoms with Crippen LogP contribution in [0.4, 0.5) is 0 Å². The van der Waals surface area contributed by atoms with E-state index < -0.39 is 0 Å². The number of nitrogens with one attached hydrogen (secondary N) is 1. The molecule has 33 heavy (non-hydrogen) atoms. The first kappa shape index (κ1) is 23.4. The number of hydrogen-bond acceptors (Lipinski definition) is 5. The van der Waals surface area contributed by atoms with Crippen LogP contribution in [0.2, 0.25) is 10.0 Å². The standard InChI is InChI=1S/C24H19BrCl2N2O4/c25-19-9-16(2-5-21(19)33-14-17-3-4-18(26)12-20(17)27)13-28-29-24(30)11-15-1-6-22-23(10-15)32-8-7-31-22/h1-6,9-10,12-13H,7-8,11,14H2,(H,29,30)/b28-13+. The van der Waals surface area contributed by atoms with E-state index in [1.54, 1.807) is 18.3 Å². The summed E-state index contributed by atoms with van der Waals surface area (Å²) in [6.07, 6.45) is 1.74. The minimum atomic E-state index is -0.234. The summed E-state index contributed by atoms with van der Waals surface area (Å²) in [4.78, 5) is 12.2. The lowest BCUT2D eigenvalue weighted by atomic mass is 10.1. The second-order valence-corrected chi connectivity index (χ2v) is 8.86. The Morgan fingerprint density at radius 2 is 1.88 bits per heavy atom. The molecule has 0 saturated carbocycles. The monoisotopic (exact) mass is 548 g/mol. The van der Waals surface area contributed by atoms with Gasteiger partial charge in [0.15, 0.2) is 11.5 Å². The third-order valence-corrected chi connectivity index (χ3v) is 5.94. The molecule has 9 heteroatoms. The quantitative estimate of drug-likeness (QED) is 0.299. The van der Waals surface area contributed by atoms with Crippen molar-refractivity contribution in [2.24, 2.45) is 5.10 Å². The van der Waals surface area contributed by atoms with Gasteiger partial charge in [0.2, 0.25) is 5.91 Å². The zero-order chi connectivity index (χ0) is 23.2. The number of nitrogens with zero attached hydrogens (tertiary/aromatic N) is 1. The molecule has 4 rings (SSSR count). The average molecular weight is 550 g/mol. The van der Waals surface area contributed by atoms with Gasteiger partial charge in [-0.3, -0.25) is 4.79 Å². The molecule has 1 amide bonds. The molecule has 0 fully saturated rings. The molecule has 3 aromatic rings. The Balaban J connectivity index is 1.30. The van der Waals surface area contributed by atoms with E-state index in [-0.39, 0.29) is 12.3 Å². The maximum Gasteiger partial charge on any atom is 0.244 e. The minimum absolute atomic E-state index is 0.178. The van der Waals surface area contributed by atoms with Crippen molar-refractivity contribution in [3.63, 3.8) is 0 Å². The van der Waals surface area contributed by atoms with Crippen LogP contribution < -0.4 is 19.6 Å². The van der Waals surface area contributed by atoms with Gasteiger partial charge in [-0.2, -0.15) is 5.10 Å². The normalized spacial score (nSPS) is 12.6. The van der Waals surface area contributed by atoms with Crippen molar-refractivity contribution in [3.05, 3.63) is 85.8 Å². The zero-order valence-corrected chi connectivity index (χ0v) is 20.4. The number of halogens is 3. The summed E-state index contributed by atoms with van der Waals surface area (Å²) >= 11 is 15.6. The van der Waals surface area contributed by atoms with E-state index in [4.69, 9.17) is 37.4 Å². The molecule has 170 valence electrons. The van der Waals surface area contributed by atoms with Crippen LogP contribution in [0.5, 0.6) is 17.2 Å². The summed E-state index contributed by atoms with van der Waals surface area (Å²) in [6.45, 7) is 1.33. The highest BCUT2D eigenvalue weighted by Gasteiger charge is 2.13. The van der Waals surface area contributed by atoms with E-state index in [2.05, 4.69) is 26.5 Å². The molecule has 3 aromatic carbocycles. The van der Waals surface area contributed by atoms with Gasteiger partial charge >= 0.3 is 0 Å². The van der Waals surface area contributed by atoms with Gasteiger partial charge in [-0.05, 0) is 69.5 Å². The van der Waals surface area contributed by atoms with Gasteiger partial charge in [-0.25, -0.2) is 5.43 Å². The smallest absolute Gasteiger partial charge is 0.244 e. The molecule has 0 aliphatic carbocycles. The molecule has 1 N–H and O–H groups in total. The van der Waals surface area contributed by atoms with Crippen LogP contribution in [0.15, 0.2) is 64.2 Å². The number of benzene rings is 3. The van der Waals surface area contributed by atoms with E-state index in [1.165, 1.54) is 0 Å². The summed E-state index contributed by atoms with van der Waals surface area (Å²) in [5, 5.41) is 5.16. The SMILES string of the molecule is O=C(Cc1ccc2c(c1)OCCO2)N/N=C/c1ccc(OCc2ccc(Cl)cc2Cl)c(Br)c1. The maximum atomic E-state index is 12.2. The molecule has 0 saturated heterocycles. The lowest BCUT2D eigenvalue weighted by molar-refractivity contribution is -0.120. The number of hydrazone groups is 1. The fourth-order valence-electron chi connectivity index (χ4n) is 3.11. The number of carbonyl (C=O) groups excluding carboxylic acids is 1. The molecule has 0 spiro atoms. The van der Waals surface area contributed by atoms with Crippen LogP contribution in [0, 0.1) is 0 Å². The molecule has 1 aliphatic rings. The van der Waals surface area contributed by atoms with Crippen LogP contribution >= 0.6 is 39.1 Å². The van der Waals surface area contributed by atoms with Crippen LogP contribution in [-0.2, 0) is 17.8 Å². The summed E-state index contributed by atoms with van der Waals surface area (Å²) < 4.78 is 17.6. The first-order valence-electron chi connectivity index (χ1n) is 10.0. The largest absolute Gasteiger partial charge is 0.488 e.